The summed E-state index contributed by atoms with van der Waals surface area (Å²) in [6, 6.07) is 6.96. The Hall–Kier alpha value is -2.52. The maximum Gasteiger partial charge on any atom is 0.238 e. The van der Waals surface area contributed by atoms with E-state index in [1.807, 2.05) is 0 Å². The highest BCUT2D eigenvalue weighted by Crippen LogP contribution is 2.24. The number of nitrogens with one attached hydrogen (secondary N) is 1. The second-order valence-electron chi connectivity index (χ2n) is 4.92. The molecule has 7 nitrogen and oxygen atoms in total. The molecule has 9 heteroatoms. The molecule has 0 aliphatic carbocycles. The summed E-state index contributed by atoms with van der Waals surface area (Å²) in [5.74, 6) is -0.635. The average molecular weight is 353 g/mol. The van der Waals surface area contributed by atoms with Crippen LogP contribution in [0.5, 0.6) is 5.88 Å². The SMILES string of the molecule is CC(=O)Nc1cccc(S(N)(=O)=O)c1CCOc1ccc(F)cn1. The molecule has 0 bridgehead atoms. The fraction of sp³-hybridized carbons (Fsp3) is 0.200. The molecule has 0 aliphatic rings. The van der Waals surface area contributed by atoms with Crippen LogP contribution in [0.25, 0.3) is 0 Å². The molecule has 24 heavy (non-hydrogen) atoms. The summed E-state index contributed by atoms with van der Waals surface area (Å²) >= 11 is 0. The molecule has 0 spiro atoms. The Morgan fingerprint density at radius 3 is 2.67 bits per heavy atom. The zero-order valence-corrected chi connectivity index (χ0v) is 13.6. The third-order valence-corrected chi connectivity index (χ3v) is 4.05. The van der Waals surface area contributed by atoms with Crippen LogP contribution in [0.3, 0.4) is 0 Å². The van der Waals surface area contributed by atoms with Crippen molar-refractivity contribution >= 4 is 21.6 Å². The van der Waals surface area contributed by atoms with E-state index in [-0.39, 0.29) is 29.7 Å². The van der Waals surface area contributed by atoms with Crippen LogP contribution in [0.4, 0.5) is 10.1 Å². The Balaban J connectivity index is 2.22. The molecule has 2 rings (SSSR count). The second kappa shape index (κ2) is 7.37. The van der Waals surface area contributed by atoms with Gasteiger partial charge >= 0.3 is 0 Å². The van der Waals surface area contributed by atoms with Crippen molar-refractivity contribution in [3.8, 4) is 5.88 Å². The Labute approximate surface area is 138 Å². The number of carbonyl (C=O) groups excluding carboxylic acids is 1. The number of hydrogen-bond acceptors (Lipinski definition) is 5. The number of amides is 1. The number of aromatic nitrogens is 1. The van der Waals surface area contributed by atoms with Gasteiger partial charge in [0.15, 0.2) is 0 Å². The van der Waals surface area contributed by atoms with E-state index in [0.717, 1.165) is 6.20 Å². The van der Waals surface area contributed by atoms with Gasteiger partial charge in [-0.2, -0.15) is 0 Å². The maximum absolute atomic E-state index is 12.8. The van der Waals surface area contributed by atoms with E-state index in [1.165, 1.54) is 31.2 Å². The molecule has 0 radical (unpaired) electrons. The first-order valence-corrected chi connectivity index (χ1v) is 8.48. The summed E-state index contributed by atoms with van der Waals surface area (Å²) in [4.78, 5) is 14.9. The van der Waals surface area contributed by atoms with Gasteiger partial charge in [0, 0.05) is 25.1 Å². The van der Waals surface area contributed by atoms with Crippen molar-refractivity contribution < 1.29 is 22.3 Å². The van der Waals surface area contributed by atoms with Crippen LogP contribution in [0.15, 0.2) is 41.4 Å². The molecule has 0 saturated carbocycles. The Kier molecular flexibility index (Phi) is 5.47. The minimum atomic E-state index is -3.96. The van der Waals surface area contributed by atoms with Gasteiger partial charge in [-0.1, -0.05) is 6.07 Å². The standard InChI is InChI=1S/C15H16FN3O4S/c1-10(20)19-13-3-2-4-14(24(17,21)22)12(13)7-8-23-15-6-5-11(16)9-18-15/h2-6,9H,7-8H2,1H3,(H,19,20)(H2,17,21,22). The largest absolute Gasteiger partial charge is 0.477 e. The Morgan fingerprint density at radius 2 is 2.08 bits per heavy atom. The molecule has 1 aromatic heterocycles. The van der Waals surface area contributed by atoms with Crippen LogP contribution in [0.1, 0.15) is 12.5 Å². The number of carbonyl (C=O) groups is 1. The number of hydrogen-bond donors (Lipinski definition) is 2. The highest BCUT2D eigenvalue weighted by Gasteiger charge is 2.17. The predicted molar refractivity (Wildman–Crippen MR) is 85.5 cm³/mol. The van der Waals surface area contributed by atoms with Crippen LogP contribution in [0, 0.1) is 5.82 Å². The van der Waals surface area contributed by atoms with Crippen molar-refractivity contribution in [1.82, 2.24) is 4.98 Å². The van der Waals surface area contributed by atoms with E-state index in [9.17, 15) is 17.6 Å². The molecule has 1 heterocycles. The number of rotatable bonds is 6. The second-order valence-corrected chi connectivity index (χ2v) is 6.45. The molecule has 0 aliphatic heterocycles. The Morgan fingerprint density at radius 1 is 1.33 bits per heavy atom. The number of sulfonamides is 1. The highest BCUT2D eigenvalue weighted by atomic mass is 32.2. The van der Waals surface area contributed by atoms with Gasteiger partial charge < -0.3 is 10.1 Å². The van der Waals surface area contributed by atoms with Gasteiger partial charge in [0.2, 0.25) is 21.8 Å². The number of pyridine rings is 1. The fourth-order valence-electron chi connectivity index (χ4n) is 2.10. The van der Waals surface area contributed by atoms with E-state index in [1.54, 1.807) is 6.07 Å². The minimum absolute atomic E-state index is 0.0672. The lowest BCUT2D eigenvalue weighted by atomic mass is 10.1. The van der Waals surface area contributed by atoms with Crippen molar-refractivity contribution in [3.05, 3.63) is 47.9 Å². The van der Waals surface area contributed by atoms with Gasteiger partial charge in [-0.3, -0.25) is 4.79 Å². The van der Waals surface area contributed by atoms with E-state index >= 15 is 0 Å². The van der Waals surface area contributed by atoms with E-state index in [4.69, 9.17) is 9.88 Å². The van der Waals surface area contributed by atoms with Gasteiger partial charge in [0.25, 0.3) is 0 Å². The first-order valence-electron chi connectivity index (χ1n) is 6.94. The van der Waals surface area contributed by atoms with Gasteiger partial charge in [-0.25, -0.2) is 22.9 Å². The number of anilines is 1. The third kappa shape index (κ3) is 4.74. The number of primary sulfonamides is 1. The van der Waals surface area contributed by atoms with Crippen LogP contribution in [0.2, 0.25) is 0 Å². The molecule has 0 fully saturated rings. The van der Waals surface area contributed by atoms with Crippen molar-refractivity contribution in [2.24, 2.45) is 5.14 Å². The van der Waals surface area contributed by atoms with Crippen LogP contribution < -0.4 is 15.2 Å². The van der Waals surface area contributed by atoms with Gasteiger partial charge in [0.1, 0.15) is 5.82 Å². The fourth-order valence-corrected chi connectivity index (χ4v) is 2.93. The monoisotopic (exact) mass is 353 g/mol. The topological polar surface area (TPSA) is 111 Å². The zero-order valence-electron chi connectivity index (χ0n) is 12.8. The molecule has 0 saturated heterocycles. The quantitative estimate of drug-likeness (QED) is 0.816. The molecule has 1 aromatic carbocycles. The predicted octanol–water partition coefficient (Wildman–Crippen LogP) is 1.45. The highest BCUT2D eigenvalue weighted by molar-refractivity contribution is 7.89. The van der Waals surface area contributed by atoms with Crippen molar-refractivity contribution in [3.63, 3.8) is 0 Å². The number of halogens is 1. The Bertz CT molecular complexity index is 838. The molecule has 2 aromatic rings. The summed E-state index contributed by atoms with van der Waals surface area (Å²) in [6.45, 7) is 1.38. The van der Waals surface area contributed by atoms with Gasteiger partial charge in [-0.15, -0.1) is 0 Å². The van der Waals surface area contributed by atoms with E-state index in [0.29, 0.717) is 11.3 Å². The van der Waals surface area contributed by atoms with E-state index < -0.39 is 15.8 Å². The van der Waals surface area contributed by atoms with Crippen molar-refractivity contribution in [1.29, 1.82) is 0 Å². The van der Waals surface area contributed by atoms with Crippen molar-refractivity contribution in [2.45, 2.75) is 18.2 Å². The van der Waals surface area contributed by atoms with Crippen molar-refractivity contribution in [2.75, 3.05) is 11.9 Å². The zero-order chi connectivity index (χ0) is 17.7. The average Bonchev–Trinajstić information content (AvgIpc) is 2.49. The first-order chi connectivity index (χ1) is 11.3. The van der Waals surface area contributed by atoms with Crippen LogP contribution >= 0.6 is 0 Å². The normalized spacial score (nSPS) is 11.1. The smallest absolute Gasteiger partial charge is 0.238 e. The molecular formula is C15H16FN3O4S. The van der Waals surface area contributed by atoms with Crippen LogP contribution in [-0.4, -0.2) is 25.9 Å². The lowest BCUT2D eigenvalue weighted by molar-refractivity contribution is -0.114. The van der Waals surface area contributed by atoms with E-state index in [2.05, 4.69) is 10.3 Å². The third-order valence-electron chi connectivity index (χ3n) is 3.05. The molecule has 0 unspecified atom stereocenters. The lowest BCUT2D eigenvalue weighted by Crippen LogP contribution is -2.18. The molecule has 0 atom stereocenters. The van der Waals surface area contributed by atoms with Gasteiger partial charge in [0.05, 0.1) is 17.7 Å². The molecular weight excluding hydrogens is 337 g/mol. The summed E-state index contributed by atoms with van der Waals surface area (Å²) < 4.78 is 41.6. The number of nitrogens with two attached hydrogens (primary N) is 1. The summed E-state index contributed by atoms with van der Waals surface area (Å²) in [7, 11) is -3.96. The summed E-state index contributed by atoms with van der Waals surface area (Å²) in [5, 5.41) is 7.78. The summed E-state index contributed by atoms with van der Waals surface area (Å²) in [6.07, 6.45) is 1.16. The molecule has 128 valence electrons. The first kappa shape index (κ1) is 17.8. The number of ether oxygens (including phenoxy) is 1. The molecule has 1 amide bonds. The van der Waals surface area contributed by atoms with Crippen LogP contribution in [-0.2, 0) is 21.2 Å². The number of benzene rings is 1. The maximum atomic E-state index is 12.8. The van der Waals surface area contributed by atoms with Gasteiger partial charge in [-0.05, 0) is 23.8 Å². The lowest BCUT2D eigenvalue weighted by Gasteiger charge is -2.14. The minimum Gasteiger partial charge on any atom is -0.477 e. The molecule has 3 N–H and O–H groups in total. The summed E-state index contributed by atoms with van der Waals surface area (Å²) in [5.41, 5.74) is 0.669. The number of nitrogens with zero attached hydrogens (tertiary/aromatic N) is 1.